The predicted molar refractivity (Wildman–Crippen MR) is 52.8 cm³/mol. The molecule has 0 aromatic heterocycles. The number of allylic oxidation sites excluding steroid dienone is 3. The molecule has 0 nitrogen and oxygen atoms in total. The number of hydrogen-bond acceptors (Lipinski definition) is 0. The van der Waals surface area contributed by atoms with Crippen molar-refractivity contribution in [1.29, 1.82) is 0 Å². The molecule has 1 radical (unpaired) electrons. The van der Waals surface area contributed by atoms with Crippen LogP contribution in [-0.4, -0.2) is 0 Å². The summed E-state index contributed by atoms with van der Waals surface area (Å²) in [6, 6.07) is 10.4. The van der Waals surface area contributed by atoms with E-state index in [0.717, 1.165) is 12.0 Å². The molecule has 12 heavy (non-hydrogen) atoms. The van der Waals surface area contributed by atoms with Crippen molar-refractivity contribution in [2.24, 2.45) is 0 Å². The van der Waals surface area contributed by atoms with Crippen LogP contribution >= 0.6 is 0 Å². The molecular weight excluding hydrogens is 144 g/mol. The lowest BCUT2D eigenvalue weighted by molar-refractivity contribution is 1.24. The van der Waals surface area contributed by atoms with Gasteiger partial charge in [-0.2, -0.15) is 0 Å². The maximum absolute atomic E-state index is 3.58. The van der Waals surface area contributed by atoms with Crippen LogP contribution in [0.2, 0.25) is 0 Å². The Kier molecular flexibility index (Phi) is 3.34. The van der Waals surface area contributed by atoms with Gasteiger partial charge in [-0.15, -0.1) is 0 Å². The molecule has 0 aliphatic heterocycles. The number of rotatable bonds is 3. The van der Waals surface area contributed by atoms with Gasteiger partial charge < -0.3 is 0 Å². The molecule has 0 aliphatic carbocycles. The van der Waals surface area contributed by atoms with Crippen LogP contribution in [-0.2, 0) is 6.42 Å². The highest BCUT2D eigenvalue weighted by Gasteiger charge is 1.86. The topological polar surface area (TPSA) is 0 Å². The molecule has 1 aromatic carbocycles. The smallest absolute Gasteiger partial charge is 0.00915 e. The molecule has 0 unspecified atom stereocenters. The summed E-state index contributed by atoms with van der Waals surface area (Å²) in [7, 11) is 0. The third-order valence-corrected chi connectivity index (χ3v) is 1.77. The molecule has 0 saturated carbocycles. The number of hydrogen-bond donors (Lipinski definition) is 0. The third kappa shape index (κ3) is 2.75. The molecule has 1 rings (SSSR count). The molecule has 0 heteroatoms. The molecule has 1 aromatic rings. The van der Waals surface area contributed by atoms with Crippen molar-refractivity contribution in [2.45, 2.75) is 13.3 Å². The van der Waals surface area contributed by atoms with E-state index in [-0.39, 0.29) is 0 Å². The van der Waals surface area contributed by atoms with E-state index in [1.165, 1.54) is 5.56 Å². The zero-order valence-electron chi connectivity index (χ0n) is 7.38. The second-order valence-corrected chi connectivity index (χ2v) is 2.75. The fourth-order valence-electron chi connectivity index (χ4n) is 0.957. The predicted octanol–water partition coefficient (Wildman–Crippen LogP) is 3.16. The molecule has 0 heterocycles. The first-order valence-corrected chi connectivity index (χ1v) is 4.06. The first-order valence-electron chi connectivity index (χ1n) is 4.06. The highest BCUT2D eigenvalue weighted by atomic mass is 13.9. The SMILES string of the molecule is C=[C]/C(C)=C/Cc1ccccc1. The van der Waals surface area contributed by atoms with Crippen molar-refractivity contribution in [3.8, 4) is 0 Å². The van der Waals surface area contributed by atoms with Gasteiger partial charge in [0.05, 0.1) is 0 Å². The van der Waals surface area contributed by atoms with Crippen molar-refractivity contribution >= 4 is 0 Å². The normalized spacial score (nSPS) is 11.2. The van der Waals surface area contributed by atoms with Crippen molar-refractivity contribution in [3.63, 3.8) is 0 Å². The minimum Gasteiger partial charge on any atom is -0.0909 e. The quantitative estimate of drug-likeness (QED) is 0.591. The molecule has 0 aliphatic rings. The van der Waals surface area contributed by atoms with Crippen molar-refractivity contribution < 1.29 is 0 Å². The lowest BCUT2D eigenvalue weighted by Gasteiger charge is -1.95. The molecule has 0 fully saturated rings. The second kappa shape index (κ2) is 4.55. The zero-order valence-corrected chi connectivity index (χ0v) is 7.38. The van der Waals surface area contributed by atoms with Crippen LogP contribution in [0.4, 0.5) is 0 Å². The van der Waals surface area contributed by atoms with E-state index in [1.54, 1.807) is 0 Å². The maximum Gasteiger partial charge on any atom is -0.00915 e. The third-order valence-electron chi connectivity index (χ3n) is 1.77. The Balaban J connectivity index is 2.60. The zero-order chi connectivity index (χ0) is 8.81. The summed E-state index contributed by atoms with van der Waals surface area (Å²) < 4.78 is 0. The number of benzene rings is 1. The van der Waals surface area contributed by atoms with Crippen LogP contribution in [0, 0.1) is 6.08 Å². The second-order valence-electron chi connectivity index (χ2n) is 2.75. The van der Waals surface area contributed by atoms with Gasteiger partial charge in [-0.05, 0) is 30.6 Å². The minimum atomic E-state index is 0.967. The lowest BCUT2D eigenvalue weighted by atomic mass is 10.1. The van der Waals surface area contributed by atoms with Gasteiger partial charge in [0.2, 0.25) is 0 Å². The van der Waals surface area contributed by atoms with Crippen LogP contribution in [0.5, 0.6) is 0 Å². The van der Waals surface area contributed by atoms with Crippen molar-refractivity contribution in [2.75, 3.05) is 0 Å². The molecule has 0 spiro atoms. The monoisotopic (exact) mass is 157 g/mol. The van der Waals surface area contributed by atoms with Crippen molar-refractivity contribution in [1.82, 2.24) is 0 Å². The molecule has 61 valence electrons. The molecule has 0 amide bonds. The van der Waals surface area contributed by atoms with E-state index >= 15 is 0 Å². The Morgan fingerprint density at radius 3 is 2.67 bits per heavy atom. The van der Waals surface area contributed by atoms with Gasteiger partial charge >= 0.3 is 0 Å². The van der Waals surface area contributed by atoms with Gasteiger partial charge in [0.1, 0.15) is 0 Å². The van der Waals surface area contributed by atoms with Crippen LogP contribution in [0.1, 0.15) is 12.5 Å². The largest absolute Gasteiger partial charge is 0.0909 e. The highest BCUT2D eigenvalue weighted by molar-refractivity contribution is 5.20. The summed E-state index contributed by atoms with van der Waals surface area (Å²) in [5.41, 5.74) is 2.44. The maximum atomic E-state index is 3.58. The van der Waals surface area contributed by atoms with Crippen LogP contribution in [0.15, 0.2) is 48.6 Å². The van der Waals surface area contributed by atoms with E-state index in [9.17, 15) is 0 Å². The van der Waals surface area contributed by atoms with Crippen LogP contribution in [0.25, 0.3) is 0 Å². The summed E-state index contributed by atoms with van der Waals surface area (Å²) >= 11 is 0. The molecular formula is C12H13. The summed E-state index contributed by atoms with van der Waals surface area (Å²) in [6.45, 7) is 5.59. The molecule has 0 bridgehead atoms. The van der Waals surface area contributed by atoms with E-state index < -0.39 is 0 Å². The Bertz CT molecular complexity index is 267. The van der Waals surface area contributed by atoms with Crippen LogP contribution < -0.4 is 0 Å². The molecule has 0 atom stereocenters. The Morgan fingerprint density at radius 2 is 2.08 bits per heavy atom. The van der Waals surface area contributed by atoms with E-state index in [4.69, 9.17) is 0 Å². The van der Waals surface area contributed by atoms with Gasteiger partial charge in [0.25, 0.3) is 0 Å². The summed E-state index contributed by atoms with van der Waals surface area (Å²) in [4.78, 5) is 0. The van der Waals surface area contributed by atoms with Gasteiger partial charge in [-0.3, -0.25) is 0 Å². The van der Waals surface area contributed by atoms with Gasteiger partial charge in [0.15, 0.2) is 0 Å². The fraction of sp³-hybridized carbons (Fsp3) is 0.167. The fourth-order valence-corrected chi connectivity index (χ4v) is 0.957. The van der Waals surface area contributed by atoms with Gasteiger partial charge in [-0.25, -0.2) is 0 Å². The Morgan fingerprint density at radius 1 is 1.42 bits per heavy atom. The van der Waals surface area contributed by atoms with E-state index in [0.29, 0.717) is 0 Å². The van der Waals surface area contributed by atoms with Gasteiger partial charge in [-0.1, -0.05) is 43.0 Å². The first-order chi connectivity index (χ1) is 5.83. The Hall–Kier alpha value is -1.30. The van der Waals surface area contributed by atoms with E-state index in [2.05, 4.69) is 43.0 Å². The molecule has 0 saturated heterocycles. The Labute approximate surface area is 74.2 Å². The van der Waals surface area contributed by atoms with Gasteiger partial charge in [0, 0.05) is 0 Å². The first kappa shape index (κ1) is 8.79. The minimum absolute atomic E-state index is 0.967. The lowest BCUT2D eigenvalue weighted by Crippen LogP contribution is -1.80. The van der Waals surface area contributed by atoms with Crippen LogP contribution in [0.3, 0.4) is 0 Å². The highest BCUT2D eigenvalue weighted by Crippen LogP contribution is 2.02. The average molecular weight is 157 g/mol. The average Bonchev–Trinajstić information content (AvgIpc) is 2.16. The van der Waals surface area contributed by atoms with Crippen molar-refractivity contribution in [3.05, 3.63) is 60.2 Å². The standard InChI is InChI=1S/C12H13/c1-3-11(2)9-10-12-7-5-4-6-8-12/h4-9H,1,10H2,2H3/b11-9+. The molecule has 0 N–H and O–H groups in total. The summed E-state index contributed by atoms with van der Waals surface area (Å²) in [5.74, 6) is 0. The van der Waals surface area contributed by atoms with E-state index in [1.807, 2.05) is 13.0 Å². The summed E-state index contributed by atoms with van der Waals surface area (Å²) in [5, 5.41) is 0. The summed E-state index contributed by atoms with van der Waals surface area (Å²) in [6.07, 6.45) is 5.94.